The second kappa shape index (κ2) is 7.95. The molecule has 0 saturated heterocycles. The van der Waals surface area contributed by atoms with E-state index in [1.165, 1.54) is 0 Å². The molecule has 0 saturated carbocycles. The van der Waals surface area contributed by atoms with Gasteiger partial charge in [0, 0.05) is 24.2 Å². The first-order valence-electron chi connectivity index (χ1n) is 9.28. The van der Waals surface area contributed by atoms with E-state index in [1.54, 1.807) is 19.1 Å². The lowest BCUT2D eigenvalue weighted by molar-refractivity contribution is -0.116. The first kappa shape index (κ1) is 18.4. The molecule has 0 radical (unpaired) electrons. The SMILES string of the molecule is CC(=O)N1CCC(Nc2ccccc2Oc2ccc(Cl)cc2)c2ccccc21. The van der Waals surface area contributed by atoms with E-state index in [-0.39, 0.29) is 11.9 Å². The zero-order valence-corrected chi connectivity index (χ0v) is 16.3. The Hall–Kier alpha value is -2.98. The molecule has 5 heteroatoms. The summed E-state index contributed by atoms with van der Waals surface area (Å²) in [5.74, 6) is 1.54. The van der Waals surface area contributed by atoms with Crippen molar-refractivity contribution in [1.82, 2.24) is 0 Å². The highest BCUT2D eigenvalue weighted by atomic mass is 35.5. The highest BCUT2D eigenvalue weighted by Crippen LogP contribution is 2.38. The van der Waals surface area contributed by atoms with Crippen molar-refractivity contribution >= 4 is 28.9 Å². The van der Waals surface area contributed by atoms with E-state index in [0.29, 0.717) is 11.6 Å². The fraction of sp³-hybridized carbons (Fsp3) is 0.174. The van der Waals surface area contributed by atoms with E-state index in [1.807, 2.05) is 59.5 Å². The molecule has 1 unspecified atom stereocenters. The average Bonchev–Trinajstić information content (AvgIpc) is 2.71. The van der Waals surface area contributed by atoms with Gasteiger partial charge in [0.1, 0.15) is 5.75 Å². The summed E-state index contributed by atoms with van der Waals surface area (Å²) in [7, 11) is 0. The van der Waals surface area contributed by atoms with Gasteiger partial charge in [0.05, 0.1) is 11.7 Å². The Morgan fingerprint density at radius 1 is 1.04 bits per heavy atom. The van der Waals surface area contributed by atoms with Crippen molar-refractivity contribution in [3.8, 4) is 11.5 Å². The lowest BCUT2D eigenvalue weighted by Gasteiger charge is -2.34. The van der Waals surface area contributed by atoms with Gasteiger partial charge >= 0.3 is 0 Å². The van der Waals surface area contributed by atoms with E-state index in [0.717, 1.165) is 34.9 Å². The van der Waals surface area contributed by atoms with Crippen LogP contribution < -0.4 is 15.0 Å². The quantitative estimate of drug-likeness (QED) is 0.588. The van der Waals surface area contributed by atoms with Crippen molar-refractivity contribution in [1.29, 1.82) is 0 Å². The van der Waals surface area contributed by atoms with Crippen LogP contribution in [0.5, 0.6) is 11.5 Å². The maximum absolute atomic E-state index is 12.0. The Bertz CT molecular complexity index is 988. The number of benzene rings is 3. The number of carbonyl (C=O) groups is 1. The zero-order valence-electron chi connectivity index (χ0n) is 15.6. The molecule has 4 nitrogen and oxygen atoms in total. The van der Waals surface area contributed by atoms with Gasteiger partial charge in [-0.2, -0.15) is 0 Å². The van der Waals surface area contributed by atoms with Crippen molar-refractivity contribution in [2.75, 3.05) is 16.8 Å². The summed E-state index contributed by atoms with van der Waals surface area (Å²) in [4.78, 5) is 13.8. The van der Waals surface area contributed by atoms with Gasteiger partial charge in [0.25, 0.3) is 0 Å². The van der Waals surface area contributed by atoms with Gasteiger partial charge < -0.3 is 15.0 Å². The van der Waals surface area contributed by atoms with E-state index in [9.17, 15) is 4.79 Å². The molecule has 0 bridgehead atoms. The monoisotopic (exact) mass is 392 g/mol. The van der Waals surface area contributed by atoms with Crippen molar-refractivity contribution in [2.24, 2.45) is 0 Å². The molecule has 1 aliphatic rings. The van der Waals surface area contributed by atoms with Crippen molar-refractivity contribution < 1.29 is 9.53 Å². The lowest BCUT2D eigenvalue weighted by atomic mass is 9.96. The number of anilines is 2. The average molecular weight is 393 g/mol. The van der Waals surface area contributed by atoms with Crippen LogP contribution in [0.1, 0.15) is 24.9 Å². The topological polar surface area (TPSA) is 41.6 Å². The fourth-order valence-electron chi connectivity index (χ4n) is 3.53. The summed E-state index contributed by atoms with van der Waals surface area (Å²) in [5, 5.41) is 4.28. The van der Waals surface area contributed by atoms with Gasteiger partial charge in [-0.15, -0.1) is 0 Å². The number of ether oxygens (including phenoxy) is 1. The maximum Gasteiger partial charge on any atom is 0.223 e. The largest absolute Gasteiger partial charge is 0.455 e. The van der Waals surface area contributed by atoms with Crippen LogP contribution in [0.2, 0.25) is 5.02 Å². The van der Waals surface area contributed by atoms with E-state index < -0.39 is 0 Å². The molecule has 0 fully saturated rings. The number of rotatable bonds is 4. The minimum atomic E-state index is 0.0670. The molecule has 1 atom stereocenters. The van der Waals surface area contributed by atoms with Gasteiger partial charge in [-0.1, -0.05) is 41.9 Å². The second-order valence-electron chi connectivity index (χ2n) is 6.77. The lowest BCUT2D eigenvalue weighted by Crippen LogP contribution is -2.36. The third-order valence-corrected chi connectivity index (χ3v) is 5.13. The highest BCUT2D eigenvalue weighted by molar-refractivity contribution is 6.30. The van der Waals surface area contributed by atoms with Gasteiger partial charge in [0.15, 0.2) is 5.75 Å². The number of nitrogens with one attached hydrogen (secondary N) is 1. The van der Waals surface area contributed by atoms with E-state index in [4.69, 9.17) is 16.3 Å². The maximum atomic E-state index is 12.0. The number of para-hydroxylation sites is 3. The Kier molecular flexibility index (Phi) is 5.22. The minimum absolute atomic E-state index is 0.0670. The van der Waals surface area contributed by atoms with Crippen LogP contribution in [0.15, 0.2) is 72.8 Å². The molecule has 1 N–H and O–H groups in total. The zero-order chi connectivity index (χ0) is 19.5. The summed E-state index contributed by atoms with van der Waals surface area (Å²) >= 11 is 5.96. The van der Waals surface area contributed by atoms with Crippen molar-refractivity contribution in [3.63, 3.8) is 0 Å². The third-order valence-electron chi connectivity index (χ3n) is 4.88. The van der Waals surface area contributed by atoms with Gasteiger partial charge in [-0.3, -0.25) is 4.79 Å². The second-order valence-corrected chi connectivity index (χ2v) is 7.20. The smallest absolute Gasteiger partial charge is 0.223 e. The molecule has 4 rings (SSSR count). The predicted octanol–water partition coefficient (Wildman–Crippen LogP) is 6.04. The number of carbonyl (C=O) groups excluding carboxylic acids is 1. The first-order chi connectivity index (χ1) is 13.6. The summed E-state index contributed by atoms with van der Waals surface area (Å²) in [6.45, 7) is 2.30. The standard InChI is InChI=1S/C23H21ClN2O2/c1-16(27)26-15-14-20(19-6-2-4-8-22(19)26)25-21-7-3-5-9-23(21)28-18-12-10-17(24)11-13-18/h2-13,20,25H,14-15H2,1H3. The van der Waals surface area contributed by atoms with E-state index >= 15 is 0 Å². The Labute approximate surface area is 169 Å². The number of hydrogen-bond donors (Lipinski definition) is 1. The number of nitrogens with zero attached hydrogens (tertiary/aromatic N) is 1. The van der Waals surface area contributed by atoms with Crippen LogP contribution in [-0.2, 0) is 4.79 Å². The van der Waals surface area contributed by atoms with Crippen LogP contribution in [0.4, 0.5) is 11.4 Å². The molecule has 142 valence electrons. The van der Waals surface area contributed by atoms with Crippen LogP contribution in [0.25, 0.3) is 0 Å². The molecule has 1 heterocycles. The van der Waals surface area contributed by atoms with Crippen molar-refractivity contribution in [3.05, 3.63) is 83.4 Å². The predicted molar refractivity (Wildman–Crippen MR) is 113 cm³/mol. The molecule has 3 aromatic rings. The minimum Gasteiger partial charge on any atom is -0.455 e. The molecular weight excluding hydrogens is 372 g/mol. The summed E-state index contributed by atoms with van der Waals surface area (Å²) in [5.41, 5.74) is 2.99. The molecule has 0 spiro atoms. The molecule has 28 heavy (non-hydrogen) atoms. The molecule has 1 amide bonds. The van der Waals surface area contributed by atoms with E-state index in [2.05, 4.69) is 11.4 Å². The molecule has 0 aromatic heterocycles. The van der Waals surface area contributed by atoms with Crippen LogP contribution in [-0.4, -0.2) is 12.5 Å². The summed E-state index contributed by atoms with van der Waals surface area (Å²) < 4.78 is 6.07. The molecule has 1 aliphatic heterocycles. The molecule has 0 aliphatic carbocycles. The first-order valence-corrected chi connectivity index (χ1v) is 9.65. The number of fused-ring (bicyclic) bond motifs is 1. The van der Waals surface area contributed by atoms with Gasteiger partial charge in [0.2, 0.25) is 5.91 Å². The summed E-state index contributed by atoms with van der Waals surface area (Å²) in [6.07, 6.45) is 0.825. The Balaban J connectivity index is 1.60. The van der Waals surface area contributed by atoms with Gasteiger partial charge in [-0.25, -0.2) is 0 Å². The normalized spacial score (nSPS) is 15.6. The van der Waals surface area contributed by atoms with Crippen LogP contribution >= 0.6 is 11.6 Å². The number of hydrogen-bond acceptors (Lipinski definition) is 3. The summed E-state index contributed by atoms with van der Waals surface area (Å²) in [6, 6.07) is 23.3. The molecule has 3 aromatic carbocycles. The van der Waals surface area contributed by atoms with Gasteiger partial charge in [-0.05, 0) is 54.4 Å². The van der Waals surface area contributed by atoms with Crippen LogP contribution in [0, 0.1) is 0 Å². The third kappa shape index (κ3) is 3.82. The highest BCUT2D eigenvalue weighted by Gasteiger charge is 2.27. The Morgan fingerprint density at radius 2 is 1.75 bits per heavy atom. The molecular formula is C23H21ClN2O2. The van der Waals surface area contributed by atoms with Crippen molar-refractivity contribution in [2.45, 2.75) is 19.4 Å². The Morgan fingerprint density at radius 3 is 2.54 bits per heavy atom. The number of amides is 1. The van der Waals surface area contributed by atoms with Crippen LogP contribution in [0.3, 0.4) is 0 Å². The number of halogens is 1. The fourth-order valence-corrected chi connectivity index (χ4v) is 3.66.